The molecule has 0 heterocycles. The lowest BCUT2D eigenvalue weighted by Gasteiger charge is -2.25. The van der Waals surface area contributed by atoms with Crippen LogP contribution in [-0.4, -0.2) is 28.8 Å². The number of carbonyl (C=O) groups excluding carboxylic acids is 1. The van der Waals surface area contributed by atoms with Gasteiger partial charge in [-0.15, -0.1) is 0 Å². The number of nitrogens with one attached hydrogen (secondary N) is 1. The number of halogens is 2. The van der Waals surface area contributed by atoms with Crippen LogP contribution in [0.3, 0.4) is 0 Å². The van der Waals surface area contributed by atoms with Gasteiger partial charge in [0.25, 0.3) is 6.08 Å². The Labute approximate surface area is 115 Å². The third-order valence-corrected chi connectivity index (χ3v) is 2.60. The highest BCUT2D eigenvalue weighted by Gasteiger charge is 2.28. The Kier molecular flexibility index (Phi) is 4.86. The molecule has 1 amide bonds. The lowest BCUT2D eigenvalue weighted by atomic mass is 9.91. The van der Waals surface area contributed by atoms with E-state index in [-0.39, 0.29) is 24.0 Å². The summed E-state index contributed by atoms with van der Waals surface area (Å²) in [6, 6.07) is -1.16. The minimum absolute atomic E-state index is 0.00365. The normalized spacial score (nSPS) is 19.1. The predicted molar refractivity (Wildman–Crippen MR) is 67.4 cm³/mol. The molecule has 2 N–H and O–H groups in total. The van der Waals surface area contributed by atoms with Crippen LogP contribution in [0.15, 0.2) is 23.3 Å². The molecule has 0 bridgehead atoms. The summed E-state index contributed by atoms with van der Waals surface area (Å²) in [7, 11) is 0. The van der Waals surface area contributed by atoms with Gasteiger partial charge in [-0.05, 0) is 39.7 Å². The van der Waals surface area contributed by atoms with E-state index in [9.17, 15) is 18.4 Å². The summed E-state index contributed by atoms with van der Waals surface area (Å²) in [6.45, 7) is 4.91. The van der Waals surface area contributed by atoms with Crippen molar-refractivity contribution >= 4 is 12.1 Å². The SMILES string of the molecule is CC(C)(C)OC(=O)NC1C=C(C(=O)O)CCC1=C(F)F. The first-order valence-electron chi connectivity index (χ1n) is 6.07. The van der Waals surface area contributed by atoms with Gasteiger partial charge in [0.15, 0.2) is 0 Å². The fraction of sp³-hybridized carbons (Fsp3) is 0.538. The maximum atomic E-state index is 12.8. The zero-order chi connectivity index (χ0) is 15.5. The van der Waals surface area contributed by atoms with Gasteiger partial charge in [-0.2, -0.15) is 8.78 Å². The molecule has 0 spiro atoms. The fourth-order valence-electron chi connectivity index (χ4n) is 1.76. The summed E-state index contributed by atoms with van der Waals surface area (Å²) in [4.78, 5) is 22.5. The maximum Gasteiger partial charge on any atom is 0.408 e. The smallest absolute Gasteiger partial charge is 0.408 e. The van der Waals surface area contributed by atoms with Gasteiger partial charge in [-0.25, -0.2) is 9.59 Å². The molecule has 1 aliphatic rings. The van der Waals surface area contributed by atoms with Gasteiger partial charge in [0.05, 0.1) is 6.04 Å². The Hall–Kier alpha value is -1.92. The monoisotopic (exact) mass is 289 g/mol. The van der Waals surface area contributed by atoms with E-state index in [1.165, 1.54) is 0 Å². The summed E-state index contributed by atoms with van der Waals surface area (Å²) in [5.74, 6) is -1.18. The van der Waals surface area contributed by atoms with Crippen molar-refractivity contribution in [1.29, 1.82) is 0 Å². The molecule has 0 aromatic carbocycles. The van der Waals surface area contributed by atoms with Crippen LogP contribution in [0.25, 0.3) is 0 Å². The van der Waals surface area contributed by atoms with Crippen LogP contribution in [0.1, 0.15) is 33.6 Å². The lowest BCUT2D eigenvalue weighted by molar-refractivity contribution is -0.132. The van der Waals surface area contributed by atoms with Crippen molar-refractivity contribution in [3.63, 3.8) is 0 Å². The summed E-state index contributed by atoms with van der Waals surface area (Å²) < 4.78 is 30.6. The Morgan fingerprint density at radius 1 is 1.35 bits per heavy atom. The third-order valence-electron chi connectivity index (χ3n) is 2.60. The quantitative estimate of drug-likeness (QED) is 0.819. The molecule has 0 aromatic rings. The fourth-order valence-corrected chi connectivity index (χ4v) is 1.76. The highest BCUT2D eigenvalue weighted by molar-refractivity contribution is 5.87. The van der Waals surface area contributed by atoms with Crippen LogP contribution in [0.4, 0.5) is 13.6 Å². The standard InChI is InChI=1S/C13H17F2NO4/c1-13(2,3)20-12(19)16-9-6-7(11(17)18)4-5-8(9)10(14)15/h6,9H,4-5H2,1-3H3,(H,16,19)(H,17,18). The number of carboxylic acid groups (broad SMARTS) is 1. The van der Waals surface area contributed by atoms with Crippen molar-refractivity contribution in [1.82, 2.24) is 5.32 Å². The first kappa shape index (κ1) is 16.1. The van der Waals surface area contributed by atoms with Gasteiger partial charge in [0, 0.05) is 11.1 Å². The maximum absolute atomic E-state index is 12.8. The van der Waals surface area contributed by atoms with Crippen molar-refractivity contribution in [2.75, 3.05) is 0 Å². The lowest BCUT2D eigenvalue weighted by Crippen LogP contribution is -2.40. The second-order valence-corrected chi connectivity index (χ2v) is 5.41. The molecule has 0 radical (unpaired) electrons. The average Bonchev–Trinajstić information content (AvgIpc) is 2.25. The second kappa shape index (κ2) is 6.02. The van der Waals surface area contributed by atoms with Crippen LogP contribution in [0.5, 0.6) is 0 Å². The Morgan fingerprint density at radius 2 is 1.95 bits per heavy atom. The third kappa shape index (κ3) is 4.64. The highest BCUT2D eigenvalue weighted by Crippen LogP contribution is 2.27. The number of hydrogen-bond donors (Lipinski definition) is 2. The van der Waals surface area contributed by atoms with E-state index < -0.39 is 29.8 Å². The summed E-state index contributed by atoms with van der Waals surface area (Å²) in [6.07, 6.45) is -1.77. The van der Waals surface area contributed by atoms with E-state index in [4.69, 9.17) is 9.84 Å². The van der Waals surface area contributed by atoms with Crippen LogP contribution in [0, 0.1) is 0 Å². The number of amides is 1. The van der Waals surface area contributed by atoms with Crippen LogP contribution in [-0.2, 0) is 9.53 Å². The van der Waals surface area contributed by atoms with E-state index in [1.807, 2.05) is 0 Å². The zero-order valence-corrected chi connectivity index (χ0v) is 11.5. The van der Waals surface area contributed by atoms with Crippen molar-refractivity contribution in [3.05, 3.63) is 23.3 Å². The minimum Gasteiger partial charge on any atom is -0.478 e. The largest absolute Gasteiger partial charge is 0.478 e. The second-order valence-electron chi connectivity index (χ2n) is 5.41. The molecule has 0 fully saturated rings. The number of ether oxygens (including phenoxy) is 1. The summed E-state index contributed by atoms with van der Waals surface area (Å²) >= 11 is 0. The molecule has 5 nitrogen and oxygen atoms in total. The Morgan fingerprint density at radius 3 is 2.40 bits per heavy atom. The van der Waals surface area contributed by atoms with Gasteiger partial charge in [-0.1, -0.05) is 0 Å². The van der Waals surface area contributed by atoms with Crippen LogP contribution < -0.4 is 5.32 Å². The highest BCUT2D eigenvalue weighted by atomic mass is 19.3. The number of aliphatic carboxylic acids is 1. The number of carbonyl (C=O) groups is 2. The molecule has 1 unspecified atom stereocenters. The Bertz CT molecular complexity index is 473. The van der Waals surface area contributed by atoms with Crippen molar-refractivity contribution in [2.45, 2.75) is 45.3 Å². The number of rotatable bonds is 2. The molecular weight excluding hydrogens is 272 g/mol. The molecular formula is C13H17F2NO4. The molecule has 112 valence electrons. The van der Waals surface area contributed by atoms with Gasteiger partial charge in [0.2, 0.25) is 0 Å². The molecule has 7 heteroatoms. The molecule has 0 aromatic heterocycles. The molecule has 1 rings (SSSR count). The number of carboxylic acids is 1. The van der Waals surface area contributed by atoms with Gasteiger partial charge in [-0.3, -0.25) is 0 Å². The average molecular weight is 289 g/mol. The summed E-state index contributed by atoms with van der Waals surface area (Å²) in [5.41, 5.74) is -1.06. The van der Waals surface area contributed by atoms with E-state index >= 15 is 0 Å². The first-order valence-corrected chi connectivity index (χ1v) is 6.07. The topological polar surface area (TPSA) is 75.6 Å². The van der Waals surface area contributed by atoms with Gasteiger partial charge >= 0.3 is 12.1 Å². The first-order chi connectivity index (χ1) is 9.10. The van der Waals surface area contributed by atoms with Gasteiger partial charge in [0.1, 0.15) is 5.60 Å². The van der Waals surface area contributed by atoms with Crippen molar-refractivity contribution in [2.24, 2.45) is 0 Å². The number of alkyl carbamates (subject to hydrolysis) is 1. The minimum atomic E-state index is -1.91. The summed E-state index contributed by atoms with van der Waals surface area (Å²) in [5, 5.41) is 11.1. The number of hydrogen-bond acceptors (Lipinski definition) is 3. The molecule has 20 heavy (non-hydrogen) atoms. The molecule has 0 saturated carbocycles. The van der Waals surface area contributed by atoms with Crippen molar-refractivity contribution in [3.8, 4) is 0 Å². The van der Waals surface area contributed by atoms with Gasteiger partial charge < -0.3 is 15.2 Å². The zero-order valence-electron chi connectivity index (χ0n) is 11.5. The van der Waals surface area contributed by atoms with E-state index in [2.05, 4.69) is 5.32 Å². The molecule has 1 aliphatic carbocycles. The molecule has 1 atom stereocenters. The van der Waals surface area contributed by atoms with E-state index in [0.717, 1.165) is 6.08 Å². The van der Waals surface area contributed by atoms with Crippen molar-refractivity contribution < 1.29 is 28.2 Å². The van der Waals surface area contributed by atoms with E-state index in [1.54, 1.807) is 20.8 Å². The van der Waals surface area contributed by atoms with E-state index in [0.29, 0.717) is 0 Å². The van der Waals surface area contributed by atoms with Crippen LogP contribution >= 0.6 is 0 Å². The Balaban J connectivity index is 2.91. The molecule has 0 aliphatic heterocycles. The predicted octanol–water partition coefficient (Wildman–Crippen LogP) is 2.84. The molecule has 0 saturated heterocycles. The van der Waals surface area contributed by atoms with Crippen LogP contribution in [0.2, 0.25) is 0 Å².